The van der Waals surface area contributed by atoms with Gasteiger partial charge in [0.25, 0.3) is 0 Å². The first-order valence-corrected chi connectivity index (χ1v) is 36.9. The molecule has 0 radical (unpaired) electrons. The quantitative estimate of drug-likeness (QED) is 0.0210. The molecule has 0 spiro atoms. The number of hydrogen-bond donors (Lipinski definition) is 26. The number of phenolic OH excluding ortho intramolecular Hbond substituents is 26. The maximum atomic E-state index is 15.4. The molecular formula is C83H64O50. The number of aromatic hydroxyl groups is 26. The van der Waals surface area contributed by atoms with Crippen molar-refractivity contribution in [1.29, 1.82) is 0 Å². The van der Waals surface area contributed by atoms with E-state index in [2.05, 4.69) is 0 Å². The van der Waals surface area contributed by atoms with Crippen LogP contribution in [0.25, 0.3) is 0 Å². The van der Waals surface area contributed by atoms with E-state index in [4.69, 9.17) is 66.3 Å². The smallest absolute Gasteiger partial charge is 0.344 e. The van der Waals surface area contributed by atoms with Gasteiger partial charge in [0.2, 0.25) is 42.0 Å². The van der Waals surface area contributed by atoms with E-state index in [-0.39, 0.29) is 23.9 Å². The topological polar surface area (TPSA) is 826 Å². The first-order chi connectivity index (χ1) is 62.7. The second kappa shape index (κ2) is 37.4. The van der Waals surface area contributed by atoms with Gasteiger partial charge in [-0.3, -0.25) is 0 Å². The highest BCUT2D eigenvalue weighted by molar-refractivity contribution is 5.99. The largest absolute Gasteiger partial charge is 0.504 e. The van der Waals surface area contributed by atoms with E-state index in [1.807, 2.05) is 0 Å². The third-order valence-corrected chi connectivity index (χ3v) is 19.2. The molecule has 696 valence electrons. The summed E-state index contributed by atoms with van der Waals surface area (Å²) in [5.41, 5.74) is -9.95. The first-order valence-electron chi connectivity index (χ1n) is 36.9. The van der Waals surface area contributed by atoms with Crippen LogP contribution >= 0.6 is 0 Å². The lowest BCUT2D eigenvalue weighted by atomic mass is 9.97. The minimum atomic E-state index is -3.09. The molecule has 0 bridgehead atoms. The Morgan fingerprint density at radius 2 is 0.496 bits per heavy atom. The van der Waals surface area contributed by atoms with Gasteiger partial charge < -0.3 is 199 Å². The molecule has 10 aromatic carbocycles. The normalized spacial score (nSPS) is 17.8. The molecule has 50 nitrogen and oxygen atoms in total. The number of hydrogen-bond acceptors (Lipinski definition) is 50. The second-order valence-corrected chi connectivity index (χ2v) is 28.0. The van der Waals surface area contributed by atoms with Gasteiger partial charge in [-0.2, -0.15) is 0 Å². The molecule has 2 aliphatic heterocycles. The maximum Gasteiger partial charge on any atom is 0.344 e. The maximum absolute atomic E-state index is 15.4. The fourth-order valence-electron chi connectivity index (χ4n) is 12.6. The summed E-state index contributed by atoms with van der Waals surface area (Å²) in [6, 6.07) is 11.5. The average molecular weight is 1860 g/mol. The van der Waals surface area contributed by atoms with Gasteiger partial charge in [0, 0.05) is 6.07 Å². The first kappa shape index (κ1) is 93.4. The SMILES string of the molecule is COc1cccc(C(=O)O[C@@H]2O[C@H](COC(=O)c3cc(O)c(O)c(O)c3)[C@@H](OC(=O)c3cc(O)c(O)c(O)c3)[C@H](OC(=O)c3cc(O)c(O)c(O)c3)[C@H]2OC(=O)c2cc(O)c(O)c(Oc3c(C(=O)O[C@@H]4O[C@H](COC(=O)c5cc(O)c(O)c(O)c5)[C@@H](OC(=O)c5cc(O)c(O)c(O)c5)[C@H](OC(=O)c5cc(O)c(O)c(O)c5)[C@H]4OC(=O)c4cc(O)c(O)c(O)c4)cc(O)c(O)c3O)c2)c1. The van der Waals surface area contributed by atoms with Crippen molar-refractivity contribution in [1.82, 2.24) is 0 Å². The number of esters is 10. The summed E-state index contributed by atoms with van der Waals surface area (Å²) < 4.78 is 79.8. The molecule has 50 heteroatoms. The van der Waals surface area contributed by atoms with Crippen LogP contribution in [0.3, 0.4) is 0 Å². The molecule has 133 heavy (non-hydrogen) atoms. The molecule has 0 aromatic heterocycles. The third-order valence-electron chi connectivity index (χ3n) is 19.2. The monoisotopic (exact) mass is 1860 g/mol. The van der Waals surface area contributed by atoms with Crippen molar-refractivity contribution >= 4 is 59.7 Å². The van der Waals surface area contributed by atoms with Gasteiger partial charge in [0.1, 0.15) is 36.7 Å². The molecule has 0 saturated carbocycles. The molecular weight excluding hydrogens is 1800 g/mol. The third kappa shape index (κ3) is 19.6. The summed E-state index contributed by atoms with van der Waals surface area (Å²) in [6.45, 7) is -2.98. The number of phenols is 26. The molecule has 2 fully saturated rings. The van der Waals surface area contributed by atoms with Crippen molar-refractivity contribution in [3.63, 3.8) is 0 Å². The number of methoxy groups -OCH3 is 1. The van der Waals surface area contributed by atoms with Crippen LogP contribution in [0, 0.1) is 0 Å². The van der Waals surface area contributed by atoms with Crippen LogP contribution in [0.2, 0.25) is 0 Å². The van der Waals surface area contributed by atoms with Crippen LogP contribution in [0.4, 0.5) is 0 Å². The molecule has 0 unspecified atom stereocenters. The van der Waals surface area contributed by atoms with Crippen molar-refractivity contribution in [2.24, 2.45) is 0 Å². The Balaban J connectivity index is 0.980. The van der Waals surface area contributed by atoms with E-state index in [0.717, 1.165) is 19.2 Å². The molecule has 10 atom stereocenters. The Morgan fingerprint density at radius 3 is 0.797 bits per heavy atom. The van der Waals surface area contributed by atoms with Gasteiger partial charge in [-0.1, -0.05) is 6.07 Å². The summed E-state index contributed by atoms with van der Waals surface area (Å²) >= 11 is 0. The predicted octanol–water partition coefficient (Wildman–Crippen LogP) is 4.66. The van der Waals surface area contributed by atoms with Gasteiger partial charge in [0.05, 0.1) is 57.2 Å². The van der Waals surface area contributed by atoms with E-state index in [1.165, 1.54) is 12.1 Å². The number of benzene rings is 10. The van der Waals surface area contributed by atoms with Gasteiger partial charge in [-0.05, 0) is 115 Å². The van der Waals surface area contributed by atoms with Gasteiger partial charge in [-0.25, -0.2) is 47.9 Å². The zero-order valence-corrected chi connectivity index (χ0v) is 66.2. The molecule has 10 aromatic rings. The molecule has 12 rings (SSSR count). The number of ether oxygens (including phenoxy) is 14. The highest BCUT2D eigenvalue weighted by atomic mass is 16.8. The van der Waals surface area contributed by atoms with Gasteiger partial charge in [-0.15, -0.1) is 0 Å². The average Bonchev–Trinajstić information content (AvgIpc) is 0.763. The molecule has 0 aliphatic carbocycles. The number of carbonyl (C=O) groups is 10. The van der Waals surface area contributed by atoms with Crippen LogP contribution in [0.1, 0.15) is 104 Å². The van der Waals surface area contributed by atoms with Crippen LogP contribution in [-0.4, -0.2) is 274 Å². The molecule has 2 aliphatic rings. The zero-order chi connectivity index (χ0) is 97.2. The summed E-state index contributed by atoms with van der Waals surface area (Å²) in [6.07, 6.45) is -27.9. The van der Waals surface area contributed by atoms with Crippen molar-refractivity contribution in [3.05, 3.63) is 183 Å². The summed E-state index contributed by atoms with van der Waals surface area (Å²) in [7, 11) is 1.15. The lowest BCUT2D eigenvalue weighted by molar-refractivity contribution is -0.283. The van der Waals surface area contributed by atoms with Crippen molar-refractivity contribution in [3.8, 4) is 167 Å². The van der Waals surface area contributed by atoms with Gasteiger partial charge in [0.15, 0.2) is 168 Å². The summed E-state index contributed by atoms with van der Waals surface area (Å²) in [5, 5.41) is 276. The highest BCUT2D eigenvalue weighted by Crippen LogP contribution is 2.52. The van der Waals surface area contributed by atoms with E-state index in [0.29, 0.717) is 84.9 Å². The highest BCUT2D eigenvalue weighted by Gasteiger charge is 2.58. The Morgan fingerprint density at radius 1 is 0.248 bits per heavy atom. The minimum absolute atomic E-state index is 0.0612. The fraction of sp³-hybridized carbons (Fsp3) is 0.157. The zero-order valence-electron chi connectivity index (χ0n) is 66.2. The van der Waals surface area contributed by atoms with Crippen molar-refractivity contribution in [2.45, 2.75) is 61.4 Å². The van der Waals surface area contributed by atoms with E-state index in [9.17, 15) is 171 Å². The van der Waals surface area contributed by atoms with Crippen molar-refractivity contribution in [2.75, 3.05) is 20.3 Å². The predicted molar refractivity (Wildman–Crippen MR) is 418 cm³/mol. The Labute approximate surface area is 735 Å². The lowest BCUT2D eigenvalue weighted by Crippen LogP contribution is -2.63. The minimum Gasteiger partial charge on any atom is -0.504 e. The Bertz CT molecular complexity index is 6250. The van der Waals surface area contributed by atoms with Gasteiger partial charge >= 0.3 is 59.7 Å². The fourth-order valence-corrected chi connectivity index (χ4v) is 12.6. The van der Waals surface area contributed by atoms with Crippen LogP contribution < -0.4 is 9.47 Å². The van der Waals surface area contributed by atoms with Crippen LogP contribution in [0.5, 0.6) is 167 Å². The Kier molecular flexibility index (Phi) is 26.3. The molecule has 26 N–H and O–H groups in total. The Hall–Kier alpha value is -18.8. The van der Waals surface area contributed by atoms with Crippen molar-refractivity contribution < 1.29 is 247 Å². The van der Waals surface area contributed by atoms with E-state index >= 15 is 9.59 Å². The number of rotatable bonds is 25. The van der Waals surface area contributed by atoms with Crippen LogP contribution in [-0.2, 0) is 56.8 Å². The van der Waals surface area contributed by atoms with Crippen LogP contribution in [0.15, 0.2) is 127 Å². The standard InChI is InChI=1S/C83H64O50/c1-120-34-4-2-3-25(5-34)74(112)132-82-70(68(128-77(115)30-14-44(92)59(104)45(93)15-30)66(126-75(113)28-10-40(88)57(102)41(89)11-28)53(124-82)23-121-72(110)26-6-36(84)55(100)37(85)7-26)131-80(118)33-20-50(98)62(107)52(21-33)123-65-35(22-51(99)63(108)64(65)109)81(119)133-83-71(130-79(117)32-18-48(96)61(106)49(97)19-32)69(129-78(116)31-16-46(94)60(105)47(95)17-31)67(127-76(114)29-12-42(90)58(103)43(91)13-29)54(125-83)24-122-73(111)27-8-38(86)56(101)39(87)9-27/h2-22,53-54,66-71,82-109H,23-24H2,1H3/t53-,54-,66-,67-,68+,69+,70-,71-,82+,83+/m1/s1. The number of carbonyl (C=O) groups excluding carboxylic acids is 10. The lowest BCUT2D eigenvalue weighted by Gasteiger charge is -2.44. The second-order valence-electron chi connectivity index (χ2n) is 28.0. The molecule has 0 amide bonds. The van der Waals surface area contributed by atoms with E-state index in [1.54, 1.807) is 0 Å². The van der Waals surface area contributed by atoms with E-state index < -0.39 is 351 Å². The summed E-state index contributed by atoms with van der Waals surface area (Å²) in [5.74, 6) is -56.0. The molecule has 2 saturated heterocycles. The molecule has 2 heterocycles. The summed E-state index contributed by atoms with van der Waals surface area (Å²) in [4.78, 5) is 146.